The fourth-order valence-electron chi connectivity index (χ4n) is 2.72. The normalized spacial score (nSPS) is 13.7. The highest BCUT2D eigenvalue weighted by molar-refractivity contribution is 5.65. The maximum Gasteiger partial charge on any atom is 0.302 e. The number of para-hydroxylation sites is 1. The second-order valence-corrected chi connectivity index (χ2v) is 6.52. The van der Waals surface area contributed by atoms with Crippen LogP contribution in [0.1, 0.15) is 18.1 Å². The molecule has 2 rings (SSSR count). The predicted molar refractivity (Wildman–Crippen MR) is 108 cm³/mol. The number of hydrogen-bond acceptors (Lipinski definition) is 7. The standard InChI is InChI=1S/C21H25N3O6/c1-15(25)28-14-20(29-12-16-7-3-2-4-8-16)21(19(27)11-23-24-22)30-13-17-9-5-6-10-18(17)26/h2-10,19-21,26-27H,11-14H2,1H3/t19-,20+,21+/m1/s1. The van der Waals surface area contributed by atoms with Gasteiger partial charge in [-0.1, -0.05) is 53.6 Å². The number of carbonyl (C=O) groups is 1. The first kappa shape index (κ1) is 23.2. The van der Waals surface area contributed by atoms with Crippen LogP contribution in [0.2, 0.25) is 0 Å². The van der Waals surface area contributed by atoms with E-state index in [2.05, 4.69) is 10.0 Å². The Hall–Kier alpha value is -3.10. The Bertz CT molecular complexity index is 842. The Kier molecular flexibility index (Phi) is 9.63. The lowest BCUT2D eigenvalue weighted by molar-refractivity contribution is -0.164. The van der Waals surface area contributed by atoms with Crippen LogP contribution in [0.15, 0.2) is 59.7 Å². The van der Waals surface area contributed by atoms with Gasteiger partial charge >= 0.3 is 5.97 Å². The molecule has 160 valence electrons. The molecule has 0 aromatic heterocycles. The van der Waals surface area contributed by atoms with Crippen LogP contribution in [0.5, 0.6) is 5.75 Å². The van der Waals surface area contributed by atoms with Gasteiger partial charge in [0.2, 0.25) is 0 Å². The molecule has 0 saturated carbocycles. The molecule has 0 amide bonds. The van der Waals surface area contributed by atoms with E-state index in [1.165, 1.54) is 13.0 Å². The molecule has 0 aliphatic rings. The second-order valence-electron chi connectivity index (χ2n) is 6.52. The zero-order valence-corrected chi connectivity index (χ0v) is 16.6. The fraction of sp³-hybridized carbons (Fsp3) is 0.381. The van der Waals surface area contributed by atoms with E-state index in [-0.39, 0.29) is 32.1 Å². The summed E-state index contributed by atoms with van der Waals surface area (Å²) in [5.41, 5.74) is 9.97. The van der Waals surface area contributed by atoms with Crippen LogP contribution in [0.3, 0.4) is 0 Å². The van der Waals surface area contributed by atoms with Gasteiger partial charge in [-0.05, 0) is 17.2 Å². The number of esters is 1. The Labute approximate surface area is 174 Å². The van der Waals surface area contributed by atoms with Crippen LogP contribution in [0, 0.1) is 0 Å². The van der Waals surface area contributed by atoms with Crippen LogP contribution in [0.4, 0.5) is 0 Å². The van der Waals surface area contributed by atoms with Gasteiger partial charge in [0.1, 0.15) is 24.6 Å². The molecule has 0 heterocycles. The third kappa shape index (κ3) is 7.73. The highest BCUT2D eigenvalue weighted by atomic mass is 16.6. The molecule has 0 aliphatic heterocycles. The van der Waals surface area contributed by atoms with Crippen molar-refractivity contribution < 1.29 is 29.2 Å². The number of phenols is 1. The molecule has 30 heavy (non-hydrogen) atoms. The van der Waals surface area contributed by atoms with E-state index in [1.807, 2.05) is 30.3 Å². The minimum Gasteiger partial charge on any atom is -0.508 e. The highest BCUT2D eigenvalue weighted by Crippen LogP contribution is 2.20. The summed E-state index contributed by atoms with van der Waals surface area (Å²) in [5.74, 6) is -0.463. The lowest BCUT2D eigenvalue weighted by atomic mass is 10.1. The number of aliphatic hydroxyl groups excluding tert-OH is 1. The Morgan fingerprint density at radius 2 is 1.80 bits per heavy atom. The van der Waals surface area contributed by atoms with Crippen molar-refractivity contribution in [3.05, 3.63) is 76.2 Å². The molecule has 2 N–H and O–H groups in total. The Balaban J connectivity index is 2.18. The molecule has 3 atom stereocenters. The summed E-state index contributed by atoms with van der Waals surface area (Å²) in [7, 11) is 0. The van der Waals surface area contributed by atoms with Crippen LogP contribution < -0.4 is 0 Å². The van der Waals surface area contributed by atoms with E-state index in [0.717, 1.165) is 5.56 Å². The molecule has 0 spiro atoms. The zero-order valence-electron chi connectivity index (χ0n) is 16.6. The van der Waals surface area contributed by atoms with Gasteiger partial charge in [-0.2, -0.15) is 0 Å². The van der Waals surface area contributed by atoms with Gasteiger partial charge in [0.05, 0.1) is 25.9 Å². The molecule has 0 fully saturated rings. The minimum absolute atomic E-state index is 0.0318. The number of nitrogens with zero attached hydrogens (tertiary/aromatic N) is 3. The van der Waals surface area contributed by atoms with Gasteiger partial charge in [0, 0.05) is 17.4 Å². The highest BCUT2D eigenvalue weighted by Gasteiger charge is 2.31. The van der Waals surface area contributed by atoms with Gasteiger partial charge in [-0.25, -0.2) is 0 Å². The number of ether oxygens (including phenoxy) is 3. The predicted octanol–water partition coefficient (Wildman–Crippen LogP) is 3.10. The topological polar surface area (TPSA) is 134 Å². The van der Waals surface area contributed by atoms with Gasteiger partial charge in [0.15, 0.2) is 0 Å². The monoisotopic (exact) mass is 415 g/mol. The van der Waals surface area contributed by atoms with Crippen LogP contribution in [-0.4, -0.2) is 47.6 Å². The fourth-order valence-corrected chi connectivity index (χ4v) is 2.72. The molecule has 2 aromatic rings. The summed E-state index contributed by atoms with van der Waals surface area (Å²) in [6, 6.07) is 16.0. The largest absolute Gasteiger partial charge is 0.508 e. The summed E-state index contributed by atoms with van der Waals surface area (Å²) in [6.07, 6.45) is -3.05. The molecule has 0 saturated heterocycles. The van der Waals surface area contributed by atoms with E-state index in [0.29, 0.717) is 5.56 Å². The lowest BCUT2D eigenvalue weighted by Crippen LogP contribution is -2.45. The van der Waals surface area contributed by atoms with Crippen molar-refractivity contribution in [1.82, 2.24) is 0 Å². The molecule has 9 nitrogen and oxygen atoms in total. The average molecular weight is 415 g/mol. The molecule has 0 unspecified atom stereocenters. The van der Waals surface area contributed by atoms with E-state index >= 15 is 0 Å². The summed E-state index contributed by atoms with van der Waals surface area (Å²) < 4.78 is 16.8. The molecular formula is C21H25N3O6. The molecule has 0 radical (unpaired) electrons. The SMILES string of the molecule is CC(=O)OC[C@H](OCc1ccccc1)[C@@H](OCc1ccccc1O)[C@H](O)CN=[N+]=[N-]. The summed E-state index contributed by atoms with van der Waals surface area (Å²) in [5, 5.41) is 23.9. The van der Waals surface area contributed by atoms with E-state index in [1.54, 1.807) is 18.2 Å². The van der Waals surface area contributed by atoms with Crippen LogP contribution in [-0.2, 0) is 32.2 Å². The van der Waals surface area contributed by atoms with Crippen LogP contribution in [0.25, 0.3) is 10.4 Å². The van der Waals surface area contributed by atoms with Crippen molar-refractivity contribution in [2.75, 3.05) is 13.2 Å². The minimum atomic E-state index is -1.22. The number of azide groups is 1. The number of carbonyl (C=O) groups excluding carboxylic acids is 1. The smallest absolute Gasteiger partial charge is 0.302 e. The number of aliphatic hydroxyl groups is 1. The van der Waals surface area contributed by atoms with E-state index in [9.17, 15) is 15.0 Å². The molecule has 0 bridgehead atoms. The van der Waals surface area contributed by atoms with Crippen molar-refractivity contribution in [3.8, 4) is 5.75 Å². The first-order chi connectivity index (χ1) is 14.5. The molecule has 2 aromatic carbocycles. The van der Waals surface area contributed by atoms with Gasteiger partial charge in [0.25, 0.3) is 0 Å². The third-order valence-electron chi connectivity index (χ3n) is 4.26. The van der Waals surface area contributed by atoms with E-state index in [4.69, 9.17) is 19.7 Å². The zero-order chi connectivity index (χ0) is 21.8. The van der Waals surface area contributed by atoms with Crippen molar-refractivity contribution >= 4 is 5.97 Å². The van der Waals surface area contributed by atoms with Crippen molar-refractivity contribution in [3.63, 3.8) is 0 Å². The lowest BCUT2D eigenvalue weighted by Gasteiger charge is -2.30. The quantitative estimate of drug-likeness (QED) is 0.237. The Morgan fingerprint density at radius 3 is 2.47 bits per heavy atom. The van der Waals surface area contributed by atoms with Crippen LogP contribution >= 0.6 is 0 Å². The van der Waals surface area contributed by atoms with Crippen molar-refractivity contribution in [1.29, 1.82) is 0 Å². The maximum atomic E-state index is 11.3. The third-order valence-corrected chi connectivity index (χ3v) is 4.26. The number of rotatable bonds is 12. The van der Waals surface area contributed by atoms with Gasteiger partial charge in [-0.3, -0.25) is 4.79 Å². The first-order valence-corrected chi connectivity index (χ1v) is 9.37. The number of hydrogen-bond donors (Lipinski definition) is 2. The number of phenolic OH excluding ortho intramolecular Hbond substituents is 1. The summed E-state index contributed by atoms with van der Waals surface area (Å²) in [4.78, 5) is 14.0. The second kappa shape index (κ2) is 12.5. The number of aromatic hydroxyl groups is 1. The van der Waals surface area contributed by atoms with Gasteiger partial charge < -0.3 is 24.4 Å². The van der Waals surface area contributed by atoms with Gasteiger partial charge in [-0.15, -0.1) is 0 Å². The van der Waals surface area contributed by atoms with E-state index < -0.39 is 24.3 Å². The molecular weight excluding hydrogens is 390 g/mol. The Morgan fingerprint density at radius 1 is 1.10 bits per heavy atom. The van der Waals surface area contributed by atoms with Crippen molar-refractivity contribution in [2.24, 2.45) is 5.11 Å². The maximum absolute atomic E-state index is 11.3. The average Bonchev–Trinajstić information content (AvgIpc) is 2.75. The summed E-state index contributed by atoms with van der Waals surface area (Å²) in [6.45, 7) is 1.00. The number of benzene rings is 2. The van der Waals surface area contributed by atoms with Crippen molar-refractivity contribution in [2.45, 2.75) is 38.4 Å². The molecule has 9 heteroatoms. The first-order valence-electron chi connectivity index (χ1n) is 9.37. The summed E-state index contributed by atoms with van der Waals surface area (Å²) >= 11 is 0. The molecule has 0 aliphatic carbocycles.